The Hall–Kier alpha value is -2.80. The van der Waals surface area contributed by atoms with E-state index in [1.54, 1.807) is 24.3 Å². The first-order valence-corrected chi connectivity index (χ1v) is 11.8. The molecule has 3 aromatic carbocycles. The summed E-state index contributed by atoms with van der Waals surface area (Å²) in [7, 11) is 0. The Morgan fingerprint density at radius 3 is 2.32 bits per heavy atom. The van der Waals surface area contributed by atoms with Crippen LogP contribution in [0.4, 0.5) is 8.78 Å². The standard InChI is InChI=1S/C28H31F2NO3/c29-26-16-22(20-34-25-8-4-13-31-18-25)17-27(30)28(26)23-9-11-24(12-10-23)33-15-5-14-32-19-21-6-2-1-3-7-21/h1-3,6-7,9-12,16-17,25,31H,4-5,8,13-15,18-20H2. The molecule has 1 aliphatic rings. The van der Waals surface area contributed by atoms with Crippen LogP contribution in [0.3, 0.4) is 0 Å². The molecule has 1 aliphatic heterocycles. The van der Waals surface area contributed by atoms with Crippen molar-refractivity contribution in [2.45, 2.75) is 38.6 Å². The Morgan fingerprint density at radius 1 is 0.853 bits per heavy atom. The molecular formula is C28H31F2NO3. The third kappa shape index (κ3) is 7.10. The molecule has 4 nitrogen and oxygen atoms in total. The second-order valence-corrected chi connectivity index (χ2v) is 8.48. The average molecular weight is 468 g/mol. The van der Waals surface area contributed by atoms with E-state index in [4.69, 9.17) is 14.2 Å². The molecule has 0 radical (unpaired) electrons. The van der Waals surface area contributed by atoms with Gasteiger partial charge in [0.2, 0.25) is 0 Å². The number of piperidine rings is 1. The van der Waals surface area contributed by atoms with Gasteiger partial charge in [0.15, 0.2) is 0 Å². The third-order valence-electron chi connectivity index (χ3n) is 5.80. The third-order valence-corrected chi connectivity index (χ3v) is 5.80. The summed E-state index contributed by atoms with van der Waals surface area (Å²) < 4.78 is 46.7. The van der Waals surface area contributed by atoms with Gasteiger partial charge in [0.25, 0.3) is 0 Å². The molecule has 0 spiro atoms. The van der Waals surface area contributed by atoms with Crippen LogP contribution in [0.25, 0.3) is 11.1 Å². The van der Waals surface area contributed by atoms with E-state index in [1.807, 2.05) is 30.3 Å². The number of hydrogen-bond acceptors (Lipinski definition) is 4. The van der Waals surface area contributed by atoms with Gasteiger partial charge in [0.1, 0.15) is 17.4 Å². The lowest BCUT2D eigenvalue weighted by Crippen LogP contribution is -2.35. The number of rotatable bonds is 11. The predicted molar refractivity (Wildman–Crippen MR) is 129 cm³/mol. The van der Waals surface area contributed by atoms with Gasteiger partial charge in [-0.15, -0.1) is 0 Å². The van der Waals surface area contributed by atoms with E-state index in [0.29, 0.717) is 36.7 Å². The summed E-state index contributed by atoms with van der Waals surface area (Å²) in [6, 6.07) is 19.5. The second kappa shape index (κ2) is 12.6. The van der Waals surface area contributed by atoms with Gasteiger partial charge in [0.05, 0.1) is 38.1 Å². The highest BCUT2D eigenvalue weighted by Gasteiger charge is 2.16. The Labute approximate surface area is 199 Å². The van der Waals surface area contributed by atoms with E-state index < -0.39 is 11.6 Å². The first-order valence-electron chi connectivity index (χ1n) is 11.8. The zero-order chi connectivity index (χ0) is 23.6. The van der Waals surface area contributed by atoms with E-state index in [2.05, 4.69) is 5.32 Å². The van der Waals surface area contributed by atoms with Gasteiger partial charge in [0, 0.05) is 13.0 Å². The molecule has 0 bridgehead atoms. The SMILES string of the molecule is Fc1cc(COC2CCCNC2)cc(F)c1-c1ccc(OCCCOCc2ccccc2)cc1. The van der Waals surface area contributed by atoms with Crippen LogP contribution >= 0.6 is 0 Å². The van der Waals surface area contributed by atoms with Crippen LogP contribution in [0.1, 0.15) is 30.4 Å². The maximum Gasteiger partial charge on any atom is 0.134 e. The van der Waals surface area contributed by atoms with E-state index in [0.717, 1.165) is 37.9 Å². The van der Waals surface area contributed by atoms with Gasteiger partial charge in [-0.05, 0) is 60.3 Å². The number of nitrogens with one attached hydrogen (secondary N) is 1. The van der Waals surface area contributed by atoms with Crippen molar-refractivity contribution in [3.05, 3.63) is 89.5 Å². The van der Waals surface area contributed by atoms with Gasteiger partial charge in [-0.1, -0.05) is 42.5 Å². The van der Waals surface area contributed by atoms with Crippen molar-refractivity contribution in [1.29, 1.82) is 0 Å². The molecule has 0 amide bonds. The highest BCUT2D eigenvalue weighted by Crippen LogP contribution is 2.29. The molecule has 1 atom stereocenters. The molecular weight excluding hydrogens is 436 g/mol. The Balaban J connectivity index is 1.24. The fraction of sp³-hybridized carbons (Fsp3) is 0.357. The first kappa shape index (κ1) is 24.3. The minimum absolute atomic E-state index is 0.0380. The van der Waals surface area contributed by atoms with E-state index in [9.17, 15) is 8.78 Å². The van der Waals surface area contributed by atoms with Gasteiger partial charge >= 0.3 is 0 Å². The van der Waals surface area contributed by atoms with Gasteiger partial charge in [-0.2, -0.15) is 0 Å². The first-order chi connectivity index (χ1) is 16.7. The van der Waals surface area contributed by atoms with E-state index in [-0.39, 0.29) is 18.3 Å². The summed E-state index contributed by atoms with van der Waals surface area (Å²) in [6.07, 6.45) is 2.85. The number of benzene rings is 3. The van der Waals surface area contributed by atoms with Gasteiger partial charge in [-0.3, -0.25) is 0 Å². The molecule has 0 aromatic heterocycles. The number of ether oxygens (including phenoxy) is 3. The molecule has 34 heavy (non-hydrogen) atoms. The Kier molecular flexibility index (Phi) is 9.02. The molecule has 1 fully saturated rings. The zero-order valence-electron chi connectivity index (χ0n) is 19.3. The summed E-state index contributed by atoms with van der Waals surface area (Å²) in [6.45, 7) is 3.64. The molecule has 1 saturated heterocycles. The maximum absolute atomic E-state index is 14.8. The van der Waals surface area contributed by atoms with E-state index in [1.165, 1.54) is 12.1 Å². The van der Waals surface area contributed by atoms with Crippen LogP contribution in [-0.4, -0.2) is 32.4 Å². The molecule has 4 rings (SSSR count). The minimum Gasteiger partial charge on any atom is -0.494 e. The van der Waals surface area contributed by atoms with Crippen LogP contribution in [-0.2, 0) is 22.7 Å². The highest BCUT2D eigenvalue weighted by atomic mass is 19.1. The van der Waals surface area contributed by atoms with Crippen molar-refractivity contribution in [1.82, 2.24) is 5.32 Å². The lowest BCUT2D eigenvalue weighted by atomic mass is 10.0. The van der Waals surface area contributed by atoms with Crippen LogP contribution in [0.15, 0.2) is 66.7 Å². The van der Waals surface area contributed by atoms with Crippen LogP contribution in [0.5, 0.6) is 5.75 Å². The van der Waals surface area contributed by atoms with Crippen molar-refractivity contribution in [3.63, 3.8) is 0 Å². The largest absolute Gasteiger partial charge is 0.494 e. The molecule has 180 valence electrons. The van der Waals surface area contributed by atoms with Gasteiger partial charge < -0.3 is 19.5 Å². The quantitative estimate of drug-likeness (QED) is 0.357. The predicted octanol–water partition coefficient (Wildman–Crippen LogP) is 5.89. The van der Waals surface area contributed by atoms with Crippen molar-refractivity contribution < 1.29 is 23.0 Å². The molecule has 0 saturated carbocycles. The number of halogens is 2. The maximum atomic E-state index is 14.8. The zero-order valence-corrected chi connectivity index (χ0v) is 19.3. The number of hydrogen-bond donors (Lipinski definition) is 1. The normalized spacial score (nSPS) is 15.9. The van der Waals surface area contributed by atoms with Crippen molar-refractivity contribution in [3.8, 4) is 16.9 Å². The summed E-state index contributed by atoms with van der Waals surface area (Å²) in [5.41, 5.74) is 2.07. The summed E-state index contributed by atoms with van der Waals surface area (Å²) >= 11 is 0. The Bertz CT molecular complexity index is 999. The molecule has 6 heteroatoms. The van der Waals surface area contributed by atoms with Crippen molar-refractivity contribution in [2.24, 2.45) is 0 Å². The monoisotopic (exact) mass is 467 g/mol. The van der Waals surface area contributed by atoms with Gasteiger partial charge in [-0.25, -0.2) is 8.78 Å². The minimum atomic E-state index is -0.593. The molecule has 1 unspecified atom stereocenters. The van der Waals surface area contributed by atoms with Crippen molar-refractivity contribution >= 4 is 0 Å². The lowest BCUT2D eigenvalue weighted by molar-refractivity contribution is 0.0251. The lowest BCUT2D eigenvalue weighted by Gasteiger charge is -2.23. The fourth-order valence-corrected chi connectivity index (χ4v) is 3.99. The van der Waals surface area contributed by atoms with Crippen LogP contribution in [0.2, 0.25) is 0 Å². The molecule has 1 N–H and O–H groups in total. The topological polar surface area (TPSA) is 39.7 Å². The average Bonchev–Trinajstić information content (AvgIpc) is 2.86. The summed E-state index contributed by atoms with van der Waals surface area (Å²) in [4.78, 5) is 0. The van der Waals surface area contributed by atoms with Crippen LogP contribution < -0.4 is 10.1 Å². The van der Waals surface area contributed by atoms with Crippen molar-refractivity contribution in [2.75, 3.05) is 26.3 Å². The summed E-state index contributed by atoms with van der Waals surface area (Å²) in [5.74, 6) is -0.534. The smallest absolute Gasteiger partial charge is 0.134 e. The fourth-order valence-electron chi connectivity index (χ4n) is 3.99. The molecule has 0 aliphatic carbocycles. The summed E-state index contributed by atoms with van der Waals surface area (Å²) in [5, 5.41) is 3.27. The van der Waals surface area contributed by atoms with Crippen LogP contribution in [0, 0.1) is 11.6 Å². The highest BCUT2D eigenvalue weighted by molar-refractivity contribution is 5.66. The molecule has 3 aromatic rings. The molecule has 1 heterocycles. The van der Waals surface area contributed by atoms with E-state index >= 15 is 0 Å². The second-order valence-electron chi connectivity index (χ2n) is 8.48. The Morgan fingerprint density at radius 2 is 1.62 bits per heavy atom.